The van der Waals surface area contributed by atoms with E-state index in [-0.39, 0.29) is 10.9 Å². The van der Waals surface area contributed by atoms with Gasteiger partial charge in [-0.1, -0.05) is 50.2 Å². The van der Waals surface area contributed by atoms with Crippen LogP contribution in [0.5, 0.6) is 0 Å². The molecule has 4 nitrogen and oxygen atoms in total. The fraction of sp³-hybridized carbons (Fsp3) is 0.429. The molecule has 3 rings (SSSR count). The van der Waals surface area contributed by atoms with Crippen LogP contribution in [0.25, 0.3) is 0 Å². The molecule has 0 radical (unpaired) electrons. The summed E-state index contributed by atoms with van der Waals surface area (Å²) in [5.74, 6) is 1.73. The highest BCUT2D eigenvalue weighted by molar-refractivity contribution is 7.89. The molecule has 0 amide bonds. The molecule has 0 aliphatic heterocycles. The van der Waals surface area contributed by atoms with Crippen LogP contribution in [0.2, 0.25) is 0 Å². The summed E-state index contributed by atoms with van der Waals surface area (Å²) in [6.07, 6.45) is 1.16. The number of primary sulfonamides is 1. The zero-order chi connectivity index (χ0) is 18.9. The maximum Gasteiger partial charge on any atom is 0.238 e. The fourth-order valence-corrected chi connectivity index (χ4v) is 4.57. The lowest BCUT2D eigenvalue weighted by Gasteiger charge is -2.20. The van der Waals surface area contributed by atoms with E-state index in [1.165, 1.54) is 17.2 Å². The largest absolute Gasteiger partial charge is 0.310 e. The topological polar surface area (TPSA) is 72.2 Å². The van der Waals surface area contributed by atoms with Crippen molar-refractivity contribution in [2.24, 2.45) is 11.1 Å². The summed E-state index contributed by atoms with van der Waals surface area (Å²) >= 11 is 0. The van der Waals surface area contributed by atoms with E-state index in [1.807, 2.05) is 6.07 Å². The summed E-state index contributed by atoms with van der Waals surface area (Å²) in [6.45, 7) is 7.52. The zero-order valence-corrected chi connectivity index (χ0v) is 16.5. The van der Waals surface area contributed by atoms with Gasteiger partial charge >= 0.3 is 0 Å². The predicted octanol–water partition coefficient (Wildman–Crippen LogP) is 3.91. The first-order valence-electron chi connectivity index (χ1n) is 9.22. The lowest BCUT2D eigenvalue weighted by molar-refractivity contribution is 0.441. The van der Waals surface area contributed by atoms with E-state index in [9.17, 15) is 8.42 Å². The molecule has 3 N–H and O–H groups in total. The Hall–Kier alpha value is -1.69. The van der Waals surface area contributed by atoms with Crippen LogP contribution < -0.4 is 10.5 Å². The summed E-state index contributed by atoms with van der Waals surface area (Å²) in [4.78, 5) is 0.162. The molecule has 140 valence electrons. The fourth-order valence-electron chi connectivity index (χ4n) is 4.00. The SMILES string of the molecule is CC(NC[C@@H]1C[C@@H](C(C)C)c2ccccc21)c1cccc(S(N)(=O)=O)c1. The number of hydrogen-bond donors (Lipinski definition) is 2. The first-order chi connectivity index (χ1) is 12.3. The Balaban J connectivity index is 1.72. The number of hydrogen-bond acceptors (Lipinski definition) is 3. The molecule has 1 aliphatic rings. The molecule has 0 saturated heterocycles. The first-order valence-corrected chi connectivity index (χ1v) is 10.8. The van der Waals surface area contributed by atoms with Gasteiger partial charge < -0.3 is 5.32 Å². The maximum absolute atomic E-state index is 11.6. The third-order valence-corrected chi connectivity index (χ3v) is 6.45. The number of benzene rings is 2. The van der Waals surface area contributed by atoms with Gasteiger partial charge in [0, 0.05) is 12.6 Å². The van der Waals surface area contributed by atoms with Crippen LogP contribution >= 0.6 is 0 Å². The molecule has 0 saturated carbocycles. The minimum Gasteiger partial charge on any atom is -0.310 e. The van der Waals surface area contributed by atoms with Gasteiger partial charge in [-0.3, -0.25) is 0 Å². The van der Waals surface area contributed by atoms with Crippen LogP contribution in [0.15, 0.2) is 53.4 Å². The van der Waals surface area contributed by atoms with Gasteiger partial charge in [0.1, 0.15) is 0 Å². The minimum absolute atomic E-state index is 0.0574. The van der Waals surface area contributed by atoms with Crippen LogP contribution in [-0.2, 0) is 10.0 Å². The summed E-state index contributed by atoms with van der Waals surface area (Å²) in [6, 6.07) is 15.7. The van der Waals surface area contributed by atoms with Crippen molar-refractivity contribution in [3.05, 3.63) is 65.2 Å². The first kappa shape index (κ1) is 19.1. The van der Waals surface area contributed by atoms with Crippen molar-refractivity contribution < 1.29 is 8.42 Å². The number of sulfonamides is 1. The highest BCUT2D eigenvalue weighted by Crippen LogP contribution is 2.45. The van der Waals surface area contributed by atoms with Gasteiger partial charge in [-0.15, -0.1) is 0 Å². The van der Waals surface area contributed by atoms with Crippen LogP contribution in [0.4, 0.5) is 0 Å². The Labute approximate surface area is 156 Å². The van der Waals surface area contributed by atoms with Gasteiger partial charge in [0.25, 0.3) is 0 Å². The van der Waals surface area contributed by atoms with Gasteiger partial charge in [0.05, 0.1) is 4.90 Å². The molecule has 1 unspecified atom stereocenters. The monoisotopic (exact) mass is 372 g/mol. The predicted molar refractivity (Wildman–Crippen MR) is 106 cm³/mol. The van der Waals surface area contributed by atoms with E-state index in [4.69, 9.17) is 5.14 Å². The second kappa shape index (κ2) is 7.51. The maximum atomic E-state index is 11.6. The van der Waals surface area contributed by atoms with Crippen LogP contribution in [0.1, 0.15) is 61.8 Å². The molecule has 5 heteroatoms. The Morgan fingerprint density at radius 1 is 1.08 bits per heavy atom. The van der Waals surface area contributed by atoms with Gasteiger partial charge in [-0.25, -0.2) is 13.6 Å². The molecule has 2 aromatic rings. The molecule has 3 atom stereocenters. The summed E-state index contributed by atoms with van der Waals surface area (Å²) in [5.41, 5.74) is 3.87. The molecule has 0 heterocycles. The molecule has 0 bridgehead atoms. The summed E-state index contributed by atoms with van der Waals surface area (Å²) < 4.78 is 23.1. The molecular weight excluding hydrogens is 344 g/mol. The molecule has 26 heavy (non-hydrogen) atoms. The highest BCUT2D eigenvalue weighted by atomic mass is 32.2. The van der Waals surface area contributed by atoms with E-state index in [0.29, 0.717) is 17.8 Å². The second-order valence-electron chi connectivity index (χ2n) is 7.66. The Kier molecular flexibility index (Phi) is 5.51. The van der Waals surface area contributed by atoms with Gasteiger partial charge in [0.2, 0.25) is 10.0 Å². The Morgan fingerprint density at radius 2 is 1.77 bits per heavy atom. The summed E-state index contributed by atoms with van der Waals surface area (Å²) in [7, 11) is -3.67. The van der Waals surface area contributed by atoms with E-state index in [1.54, 1.807) is 12.1 Å². The van der Waals surface area contributed by atoms with E-state index in [0.717, 1.165) is 18.5 Å². The van der Waals surface area contributed by atoms with E-state index >= 15 is 0 Å². The lowest BCUT2D eigenvalue weighted by Crippen LogP contribution is -2.24. The van der Waals surface area contributed by atoms with Crippen molar-refractivity contribution in [3.63, 3.8) is 0 Å². The highest BCUT2D eigenvalue weighted by Gasteiger charge is 2.32. The smallest absolute Gasteiger partial charge is 0.238 e. The number of nitrogens with one attached hydrogen (secondary N) is 1. The number of rotatable bonds is 6. The van der Waals surface area contributed by atoms with Crippen molar-refractivity contribution >= 4 is 10.0 Å². The van der Waals surface area contributed by atoms with Crippen LogP contribution in [0, 0.1) is 5.92 Å². The van der Waals surface area contributed by atoms with Crippen molar-refractivity contribution in [2.45, 2.75) is 50.0 Å². The molecule has 0 fully saturated rings. The lowest BCUT2D eigenvalue weighted by atomic mass is 9.90. The van der Waals surface area contributed by atoms with Crippen molar-refractivity contribution in [1.29, 1.82) is 0 Å². The van der Waals surface area contributed by atoms with Crippen molar-refractivity contribution in [3.8, 4) is 0 Å². The Bertz CT molecular complexity index is 877. The average molecular weight is 373 g/mol. The van der Waals surface area contributed by atoms with Crippen LogP contribution in [-0.4, -0.2) is 15.0 Å². The molecule has 2 aromatic carbocycles. The number of fused-ring (bicyclic) bond motifs is 1. The van der Waals surface area contributed by atoms with Crippen molar-refractivity contribution in [2.75, 3.05) is 6.54 Å². The standard InChI is InChI=1S/C21H28N2O2S/c1-14(2)21-12-17(19-9-4-5-10-20(19)21)13-23-15(3)16-7-6-8-18(11-16)26(22,24)25/h4-11,14-15,17,21,23H,12-13H2,1-3H3,(H2,22,24,25)/t15?,17-,21-/m0/s1. The molecular formula is C21H28N2O2S. The van der Waals surface area contributed by atoms with Gasteiger partial charge in [-0.05, 0) is 59.9 Å². The average Bonchev–Trinajstić information content (AvgIpc) is 2.98. The van der Waals surface area contributed by atoms with E-state index < -0.39 is 10.0 Å². The van der Waals surface area contributed by atoms with E-state index in [2.05, 4.69) is 50.4 Å². The zero-order valence-electron chi connectivity index (χ0n) is 15.6. The third kappa shape index (κ3) is 4.00. The second-order valence-corrected chi connectivity index (χ2v) is 9.22. The molecule has 0 spiro atoms. The Morgan fingerprint density at radius 3 is 2.42 bits per heavy atom. The van der Waals surface area contributed by atoms with Crippen LogP contribution in [0.3, 0.4) is 0 Å². The normalized spacial score (nSPS) is 21.0. The number of nitrogens with two attached hydrogens (primary N) is 1. The minimum atomic E-state index is -3.67. The van der Waals surface area contributed by atoms with Gasteiger partial charge in [0.15, 0.2) is 0 Å². The van der Waals surface area contributed by atoms with Gasteiger partial charge in [-0.2, -0.15) is 0 Å². The quantitative estimate of drug-likeness (QED) is 0.807. The van der Waals surface area contributed by atoms with Crippen molar-refractivity contribution in [1.82, 2.24) is 5.32 Å². The third-order valence-electron chi connectivity index (χ3n) is 5.54. The molecule has 0 aromatic heterocycles. The summed E-state index contributed by atoms with van der Waals surface area (Å²) in [5, 5.41) is 8.83. The molecule has 1 aliphatic carbocycles.